The van der Waals surface area contributed by atoms with Crippen molar-refractivity contribution in [2.45, 2.75) is 44.9 Å². The van der Waals surface area contributed by atoms with Crippen molar-refractivity contribution in [1.82, 2.24) is 10.2 Å². The van der Waals surface area contributed by atoms with E-state index in [9.17, 15) is 4.79 Å². The first kappa shape index (κ1) is 21.0. The average Bonchev–Trinajstić information content (AvgIpc) is 3.04. The summed E-state index contributed by atoms with van der Waals surface area (Å²) in [5.74, 6) is 0. The van der Waals surface area contributed by atoms with Gasteiger partial charge in [0.1, 0.15) is 5.60 Å². The standard InChI is InChI=1S/C22H26Cl2N2O2/c1-22(2,3)28-21(27)25-19-12-13-26(14-19)20(15-4-8-17(23)9-5-15)16-6-10-18(24)11-7-16/h4-11,19-20H,12-14H2,1-3H3,(H,25,27)/t19-/m1/s1. The number of likely N-dealkylation sites (tertiary alicyclic amines) is 1. The lowest BCUT2D eigenvalue weighted by Gasteiger charge is -2.29. The minimum Gasteiger partial charge on any atom is -0.444 e. The molecule has 0 unspecified atom stereocenters. The van der Waals surface area contributed by atoms with E-state index < -0.39 is 5.60 Å². The fourth-order valence-electron chi connectivity index (χ4n) is 3.52. The van der Waals surface area contributed by atoms with E-state index in [4.69, 9.17) is 27.9 Å². The molecule has 0 radical (unpaired) electrons. The minimum atomic E-state index is -0.502. The van der Waals surface area contributed by atoms with Gasteiger partial charge in [0.25, 0.3) is 0 Å². The molecule has 0 bridgehead atoms. The van der Waals surface area contributed by atoms with Crippen LogP contribution in [0.2, 0.25) is 10.0 Å². The highest BCUT2D eigenvalue weighted by molar-refractivity contribution is 6.30. The van der Waals surface area contributed by atoms with Crippen LogP contribution in [0.1, 0.15) is 44.4 Å². The predicted octanol–water partition coefficient (Wildman–Crippen LogP) is 5.68. The van der Waals surface area contributed by atoms with Gasteiger partial charge >= 0.3 is 6.09 Å². The smallest absolute Gasteiger partial charge is 0.407 e. The van der Waals surface area contributed by atoms with Crippen molar-refractivity contribution in [3.63, 3.8) is 0 Å². The molecule has 1 aliphatic rings. The van der Waals surface area contributed by atoms with E-state index >= 15 is 0 Å². The molecule has 28 heavy (non-hydrogen) atoms. The van der Waals surface area contributed by atoms with Gasteiger partial charge in [-0.2, -0.15) is 0 Å². The summed E-state index contributed by atoms with van der Waals surface area (Å²) in [7, 11) is 0. The van der Waals surface area contributed by atoms with E-state index in [0.717, 1.165) is 30.6 Å². The normalized spacial score (nSPS) is 17.7. The van der Waals surface area contributed by atoms with Crippen molar-refractivity contribution in [3.05, 3.63) is 69.7 Å². The molecule has 0 aliphatic carbocycles. The maximum absolute atomic E-state index is 12.1. The zero-order chi connectivity index (χ0) is 20.3. The number of amides is 1. The van der Waals surface area contributed by atoms with Crippen LogP contribution < -0.4 is 5.32 Å². The summed E-state index contributed by atoms with van der Waals surface area (Å²) < 4.78 is 5.39. The number of carbonyl (C=O) groups excluding carboxylic acids is 1. The fourth-order valence-corrected chi connectivity index (χ4v) is 3.77. The maximum Gasteiger partial charge on any atom is 0.407 e. The highest BCUT2D eigenvalue weighted by Gasteiger charge is 2.32. The van der Waals surface area contributed by atoms with Crippen molar-refractivity contribution in [2.24, 2.45) is 0 Å². The molecule has 150 valence electrons. The van der Waals surface area contributed by atoms with E-state index in [0.29, 0.717) is 10.0 Å². The van der Waals surface area contributed by atoms with E-state index in [1.165, 1.54) is 0 Å². The Hall–Kier alpha value is -1.75. The topological polar surface area (TPSA) is 41.6 Å². The van der Waals surface area contributed by atoms with Crippen LogP contribution in [0.4, 0.5) is 4.79 Å². The number of rotatable bonds is 4. The van der Waals surface area contributed by atoms with Gasteiger partial charge in [-0.25, -0.2) is 4.79 Å². The molecule has 1 aliphatic heterocycles. The molecule has 1 N–H and O–H groups in total. The van der Waals surface area contributed by atoms with Crippen LogP contribution in [0.25, 0.3) is 0 Å². The molecule has 3 rings (SSSR count). The summed E-state index contributed by atoms with van der Waals surface area (Å²) in [5, 5.41) is 4.42. The molecule has 4 nitrogen and oxygen atoms in total. The summed E-state index contributed by atoms with van der Waals surface area (Å²) in [4.78, 5) is 14.5. The van der Waals surface area contributed by atoms with E-state index in [1.54, 1.807) is 0 Å². The summed E-state index contributed by atoms with van der Waals surface area (Å²) >= 11 is 12.2. The van der Waals surface area contributed by atoms with E-state index in [2.05, 4.69) is 34.5 Å². The van der Waals surface area contributed by atoms with Crippen LogP contribution >= 0.6 is 23.2 Å². The van der Waals surface area contributed by atoms with Gasteiger partial charge in [-0.3, -0.25) is 4.90 Å². The Morgan fingerprint density at radius 1 is 1.04 bits per heavy atom. The number of nitrogens with zero attached hydrogens (tertiary/aromatic N) is 1. The zero-order valence-corrected chi connectivity index (χ0v) is 17.9. The van der Waals surface area contributed by atoms with Crippen LogP contribution in [0.15, 0.2) is 48.5 Å². The van der Waals surface area contributed by atoms with Gasteiger partial charge in [0.2, 0.25) is 0 Å². The third kappa shape index (κ3) is 5.63. The number of benzene rings is 2. The summed E-state index contributed by atoms with van der Waals surface area (Å²) in [5.41, 5.74) is 1.81. The number of hydrogen-bond donors (Lipinski definition) is 1. The Labute approximate surface area is 176 Å². The average molecular weight is 421 g/mol. The van der Waals surface area contributed by atoms with Crippen LogP contribution in [0.3, 0.4) is 0 Å². The molecule has 1 amide bonds. The monoisotopic (exact) mass is 420 g/mol. The van der Waals surface area contributed by atoms with Crippen molar-refractivity contribution < 1.29 is 9.53 Å². The highest BCUT2D eigenvalue weighted by Crippen LogP contribution is 2.33. The molecule has 1 atom stereocenters. The number of halogens is 2. The summed E-state index contributed by atoms with van der Waals surface area (Å²) in [6, 6.07) is 16.0. The molecular formula is C22H26Cl2N2O2. The van der Waals surface area contributed by atoms with E-state index in [-0.39, 0.29) is 18.2 Å². The summed E-state index contributed by atoms with van der Waals surface area (Å²) in [6.07, 6.45) is 0.505. The van der Waals surface area contributed by atoms with Crippen LogP contribution in [-0.2, 0) is 4.74 Å². The third-order valence-corrected chi connectivity index (χ3v) is 5.18. The van der Waals surface area contributed by atoms with Gasteiger partial charge in [0.05, 0.1) is 6.04 Å². The minimum absolute atomic E-state index is 0.0527. The molecule has 1 heterocycles. The Bertz CT molecular complexity index is 755. The number of ether oxygens (including phenoxy) is 1. The number of alkyl carbamates (subject to hydrolysis) is 1. The Morgan fingerprint density at radius 3 is 2.00 bits per heavy atom. The van der Waals surface area contributed by atoms with Gasteiger partial charge in [0.15, 0.2) is 0 Å². The predicted molar refractivity (Wildman–Crippen MR) is 114 cm³/mol. The lowest BCUT2D eigenvalue weighted by atomic mass is 9.97. The Kier molecular flexibility index (Phi) is 6.54. The molecule has 0 aromatic heterocycles. The molecule has 0 spiro atoms. The van der Waals surface area contributed by atoms with Gasteiger partial charge < -0.3 is 10.1 Å². The molecule has 0 saturated carbocycles. The van der Waals surface area contributed by atoms with Gasteiger partial charge in [-0.15, -0.1) is 0 Å². The number of nitrogens with one attached hydrogen (secondary N) is 1. The second-order valence-corrected chi connectivity index (χ2v) is 9.01. The van der Waals surface area contributed by atoms with Crippen molar-refractivity contribution in [2.75, 3.05) is 13.1 Å². The first-order valence-corrected chi connectivity index (χ1v) is 10.2. The maximum atomic E-state index is 12.1. The fraction of sp³-hybridized carbons (Fsp3) is 0.409. The van der Waals surface area contributed by atoms with Crippen LogP contribution in [0, 0.1) is 0 Å². The SMILES string of the molecule is CC(C)(C)OC(=O)N[C@@H]1CCN(C(c2ccc(Cl)cc2)c2ccc(Cl)cc2)C1. The lowest BCUT2D eigenvalue weighted by molar-refractivity contribution is 0.0505. The van der Waals surface area contributed by atoms with Gasteiger partial charge in [0, 0.05) is 29.2 Å². The molecule has 1 fully saturated rings. The second-order valence-electron chi connectivity index (χ2n) is 8.13. The molecule has 2 aromatic rings. The Morgan fingerprint density at radius 2 is 1.54 bits per heavy atom. The third-order valence-electron chi connectivity index (χ3n) is 4.68. The number of hydrogen-bond acceptors (Lipinski definition) is 3. The van der Waals surface area contributed by atoms with Crippen LogP contribution in [-0.4, -0.2) is 35.7 Å². The second kappa shape index (κ2) is 8.73. The lowest BCUT2D eigenvalue weighted by Crippen LogP contribution is -2.41. The first-order chi connectivity index (χ1) is 13.2. The Balaban J connectivity index is 1.77. The van der Waals surface area contributed by atoms with Crippen molar-refractivity contribution >= 4 is 29.3 Å². The zero-order valence-electron chi connectivity index (χ0n) is 16.4. The van der Waals surface area contributed by atoms with Gasteiger partial charge in [-0.1, -0.05) is 47.5 Å². The molecular weight excluding hydrogens is 395 g/mol. The largest absolute Gasteiger partial charge is 0.444 e. The molecule has 1 saturated heterocycles. The van der Waals surface area contributed by atoms with E-state index in [1.807, 2.05) is 45.0 Å². The van der Waals surface area contributed by atoms with Crippen molar-refractivity contribution in [3.8, 4) is 0 Å². The molecule has 2 aromatic carbocycles. The van der Waals surface area contributed by atoms with Gasteiger partial charge in [-0.05, 0) is 62.6 Å². The first-order valence-electron chi connectivity index (χ1n) is 9.46. The van der Waals surface area contributed by atoms with Crippen LogP contribution in [0.5, 0.6) is 0 Å². The molecule has 6 heteroatoms. The van der Waals surface area contributed by atoms with Crippen molar-refractivity contribution in [1.29, 1.82) is 0 Å². The number of carbonyl (C=O) groups is 1. The quantitative estimate of drug-likeness (QED) is 0.691. The summed E-state index contributed by atoms with van der Waals surface area (Å²) in [6.45, 7) is 7.21. The highest BCUT2D eigenvalue weighted by atomic mass is 35.5.